The highest BCUT2D eigenvalue weighted by Gasteiger charge is 2.62. The monoisotopic (exact) mass is 520 g/mol. The molecule has 4 heteroatoms. The van der Waals surface area contributed by atoms with Gasteiger partial charge in [0.05, 0.1) is 5.56 Å². The molecule has 38 heavy (non-hydrogen) atoms. The summed E-state index contributed by atoms with van der Waals surface area (Å²) in [6, 6.07) is 9.42. The van der Waals surface area contributed by atoms with Crippen molar-refractivity contribution in [1.29, 1.82) is 0 Å². The molecule has 4 nitrogen and oxygen atoms in total. The molecule has 1 heterocycles. The van der Waals surface area contributed by atoms with Gasteiger partial charge in [-0.3, -0.25) is 0 Å². The van der Waals surface area contributed by atoms with Crippen LogP contribution in [0.2, 0.25) is 0 Å². The number of carbonyl (C=O) groups excluding carboxylic acids is 1. The third-order valence-electron chi connectivity index (χ3n) is 11.7. The van der Waals surface area contributed by atoms with Gasteiger partial charge >= 0.3 is 5.97 Å². The number of benzene rings is 1. The third-order valence-corrected chi connectivity index (χ3v) is 11.7. The average molecular weight is 521 g/mol. The first-order chi connectivity index (χ1) is 18.2. The number of fused-ring (bicyclic) bond motifs is 2. The minimum absolute atomic E-state index is 0.0105. The van der Waals surface area contributed by atoms with Crippen molar-refractivity contribution in [3.05, 3.63) is 47.0 Å². The van der Waals surface area contributed by atoms with Crippen molar-refractivity contribution >= 4 is 5.97 Å². The molecule has 0 N–H and O–H groups in total. The van der Waals surface area contributed by atoms with Crippen molar-refractivity contribution in [2.45, 2.75) is 117 Å². The summed E-state index contributed by atoms with van der Waals surface area (Å²) in [5.74, 6) is 3.06. The van der Waals surface area contributed by atoms with E-state index in [4.69, 9.17) is 14.5 Å². The Morgan fingerprint density at radius 1 is 0.974 bits per heavy atom. The first-order valence-corrected chi connectivity index (χ1v) is 15.5. The van der Waals surface area contributed by atoms with Gasteiger partial charge in [-0.05, 0) is 109 Å². The Balaban J connectivity index is 1.21. The highest BCUT2D eigenvalue weighted by atomic mass is 17.2. The van der Waals surface area contributed by atoms with E-state index in [0.717, 1.165) is 43.9 Å². The van der Waals surface area contributed by atoms with Crippen LogP contribution in [0.25, 0.3) is 0 Å². The summed E-state index contributed by atoms with van der Waals surface area (Å²) in [6.07, 6.45) is 11.9. The van der Waals surface area contributed by atoms with Crippen LogP contribution in [0.4, 0.5) is 0 Å². The highest BCUT2D eigenvalue weighted by molar-refractivity contribution is 5.89. The van der Waals surface area contributed by atoms with Crippen molar-refractivity contribution in [3.63, 3.8) is 0 Å². The molecule has 5 aliphatic rings. The second-order valence-corrected chi connectivity index (χ2v) is 14.3. The van der Waals surface area contributed by atoms with E-state index in [0.29, 0.717) is 23.3 Å². The van der Waals surface area contributed by atoms with Crippen LogP contribution < -0.4 is 0 Å². The van der Waals surface area contributed by atoms with Crippen LogP contribution in [-0.2, 0) is 14.5 Å². The van der Waals surface area contributed by atoms with Crippen molar-refractivity contribution in [1.82, 2.24) is 0 Å². The summed E-state index contributed by atoms with van der Waals surface area (Å²) in [7, 11) is 0. The van der Waals surface area contributed by atoms with Crippen LogP contribution in [-0.4, -0.2) is 24.3 Å². The number of esters is 1. The van der Waals surface area contributed by atoms with E-state index in [1.807, 2.05) is 30.3 Å². The van der Waals surface area contributed by atoms with Crippen molar-refractivity contribution in [3.8, 4) is 0 Å². The molecule has 0 radical (unpaired) electrons. The van der Waals surface area contributed by atoms with E-state index in [1.165, 1.54) is 32.1 Å². The third kappa shape index (κ3) is 4.38. The molecular formula is C34H48O4. The molecule has 3 saturated carbocycles. The van der Waals surface area contributed by atoms with E-state index in [-0.39, 0.29) is 35.1 Å². The Kier molecular flexibility index (Phi) is 7.04. The number of hydrogen-bond acceptors (Lipinski definition) is 4. The Labute approximate surface area is 229 Å². The van der Waals surface area contributed by atoms with Gasteiger partial charge < -0.3 is 4.74 Å². The van der Waals surface area contributed by atoms with Gasteiger partial charge in [-0.1, -0.05) is 72.1 Å². The normalized spacial score (nSPS) is 40.5. The lowest BCUT2D eigenvalue weighted by atomic mass is 9.48. The summed E-state index contributed by atoms with van der Waals surface area (Å²) in [4.78, 5) is 25.3. The fourth-order valence-corrected chi connectivity index (χ4v) is 9.59. The van der Waals surface area contributed by atoms with Crippen LogP contribution in [0.3, 0.4) is 0 Å². The Morgan fingerprint density at radius 3 is 2.50 bits per heavy atom. The van der Waals surface area contributed by atoms with Gasteiger partial charge in [0, 0.05) is 0 Å². The smallest absolute Gasteiger partial charge is 0.338 e. The van der Waals surface area contributed by atoms with Crippen LogP contribution in [0, 0.1) is 40.4 Å². The zero-order valence-corrected chi connectivity index (χ0v) is 24.2. The second kappa shape index (κ2) is 10.1. The summed E-state index contributed by atoms with van der Waals surface area (Å²) < 4.78 is 6.04. The molecule has 0 aromatic heterocycles. The van der Waals surface area contributed by atoms with E-state index in [9.17, 15) is 4.79 Å². The first kappa shape index (κ1) is 26.6. The fourth-order valence-electron chi connectivity index (χ4n) is 9.59. The molecule has 3 fully saturated rings. The zero-order valence-electron chi connectivity index (χ0n) is 24.2. The van der Waals surface area contributed by atoms with Gasteiger partial charge in [0.15, 0.2) is 0 Å². The lowest BCUT2D eigenvalue weighted by Crippen LogP contribution is -2.54. The van der Waals surface area contributed by atoms with Crippen LogP contribution in [0.15, 0.2) is 41.5 Å². The van der Waals surface area contributed by atoms with Crippen LogP contribution >= 0.6 is 0 Å². The average Bonchev–Trinajstić information content (AvgIpc) is 3.21. The number of carbonyl (C=O) groups is 1. The number of ether oxygens (including phenoxy) is 1. The maximum atomic E-state index is 12.8. The van der Waals surface area contributed by atoms with Crippen LogP contribution in [0.5, 0.6) is 0 Å². The Bertz CT molecular complexity index is 1060. The molecule has 208 valence electrons. The molecular weight excluding hydrogens is 472 g/mol. The maximum absolute atomic E-state index is 12.8. The van der Waals surface area contributed by atoms with E-state index in [2.05, 4.69) is 34.6 Å². The van der Waals surface area contributed by atoms with Crippen molar-refractivity contribution < 1.29 is 19.3 Å². The standard InChI is InChI=1S/C34H48O4/c1-21(2)10-9-11-22(3)27-20-29-31-30-26(15-17-34(27,31)5)33(4)16-14-25(18-24(33)19-28(30)37-38-29)36-32(35)23-12-7-6-8-13-23/h6-8,12-13,21-22,24-29H,9-11,14-20H2,1-5H3/t22-,24-,25+,26+,27-,28-,29+,33+,34-/m1/s1. The van der Waals surface area contributed by atoms with Crippen LogP contribution in [0.1, 0.15) is 109 Å². The summed E-state index contributed by atoms with van der Waals surface area (Å²) in [6.45, 7) is 12.3. The van der Waals surface area contributed by atoms with E-state index in [1.54, 1.807) is 11.1 Å². The van der Waals surface area contributed by atoms with Gasteiger partial charge in [0.1, 0.15) is 18.3 Å². The molecule has 0 bridgehead atoms. The largest absolute Gasteiger partial charge is 0.459 e. The van der Waals surface area contributed by atoms with Crippen molar-refractivity contribution in [2.24, 2.45) is 40.4 Å². The molecule has 6 rings (SSSR count). The van der Waals surface area contributed by atoms with Crippen molar-refractivity contribution in [2.75, 3.05) is 0 Å². The highest BCUT2D eigenvalue weighted by Crippen LogP contribution is 2.68. The molecule has 9 atom stereocenters. The number of rotatable bonds is 7. The number of hydrogen-bond donors (Lipinski definition) is 0. The Morgan fingerprint density at radius 2 is 1.74 bits per heavy atom. The predicted octanol–water partition coefficient (Wildman–Crippen LogP) is 8.32. The Hall–Kier alpha value is -1.65. The minimum Gasteiger partial charge on any atom is -0.459 e. The first-order valence-electron chi connectivity index (χ1n) is 15.5. The topological polar surface area (TPSA) is 44.8 Å². The molecule has 4 aliphatic carbocycles. The van der Waals surface area contributed by atoms with Gasteiger partial charge in [-0.15, -0.1) is 0 Å². The van der Waals surface area contributed by atoms with Gasteiger partial charge in [0.25, 0.3) is 0 Å². The summed E-state index contributed by atoms with van der Waals surface area (Å²) >= 11 is 0. The molecule has 1 aromatic rings. The van der Waals surface area contributed by atoms with Gasteiger partial charge in [0.2, 0.25) is 0 Å². The van der Waals surface area contributed by atoms with Gasteiger partial charge in [-0.2, -0.15) is 0 Å². The quantitative estimate of drug-likeness (QED) is 0.206. The lowest BCUT2D eigenvalue weighted by Gasteiger charge is -2.59. The predicted molar refractivity (Wildman–Crippen MR) is 149 cm³/mol. The molecule has 0 unspecified atom stereocenters. The fraction of sp³-hybridized carbons (Fsp3) is 0.735. The molecule has 1 aliphatic heterocycles. The SMILES string of the molecule is CC(C)CCC[C@@H](C)[C@H]1C[C@@H]2OO[C@@H]3C[C@H]4C[C@@H](OC(=O)c5ccccc5)CC[C@]4(C)[C@H]4CC[C@@]1(C)C2=C34. The maximum Gasteiger partial charge on any atom is 0.338 e. The minimum atomic E-state index is -0.189. The molecule has 0 amide bonds. The molecule has 0 spiro atoms. The molecule has 1 aromatic carbocycles. The molecule has 0 saturated heterocycles. The van der Waals surface area contributed by atoms with E-state index < -0.39 is 0 Å². The zero-order chi connectivity index (χ0) is 26.7. The second-order valence-electron chi connectivity index (χ2n) is 14.3. The summed E-state index contributed by atoms with van der Waals surface area (Å²) in [5, 5.41) is 0. The van der Waals surface area contributed by atoms with Gasteiger partial charge in [-0.25, -0.2) is 14.6 Å². The summed E-state index contributed by atoms with van der Waals surface area (Å²) in [5.41, 5.74) is 4.42. The van der Waals surface area contributed by atoms with E-state index >= 15 is 0 Å². The lowest BCUT2D eigenvalue weighted by molar-refractivity contribution is -0.355.